The molecule has 0 saturated heterocycles. The van der Waals surface area contributed by atoms with Gasteiger partial charge >= 0.3 is 0 Å². The maximum atomic E-state index is 13.4. The van der Waals surface area contributed by atoms with Gasteiger partial charge in [0, 0.05) is 26.6 Å². The normalized spacial score (nSPS) is 11.2. The monoisotopic (exact) mass is 483 g/mol. The molecule has 0 aliphatic heterocycles. The molecule has 3 heterocycles. The Balaban J connectivity index is 1.59. The van der Waals surface area contributed by atoms with E-state index in [-0.39, 0.29) is 11.5 Å². The first kappa shape index (κ1) is 18.2. The number of fused-ring (bicyclic) bond motifs is 1. The zero-order chi connectivity index (χ0) is 20.0. The van der Waals surface area contributed by atoms with Gasteiger partial charge in [-0.1, -0.05) is 44.9 Å². The van der Waals surface area contributed by atoms with Crippen molar-refractivity contribution >= 4 is 49.6 Å². The molecule has 0 radical (unpaired) electrons. The highest BCUT2D eigenvalue weighted by atomic mass is 79.9. The molecule has 0 atom stereocenters. The summed E-state index contributed by atoms with van der Waals surface area (Å²) in [6.45, 7) is 0. The van der Waals surface area contributed by atoms with Crippen molar-refractivity contribution in [1.82, 2.24) is 24.4 Å². The van der Waals surface area contributed by atoms with Crippen molar-refractivity contribution in [2.75, 3.05) is 0 Å². The predicted octanol–water partition coefficient (Wildman–Crippen LogP) is 5.29. The molecule has 5 aromatic rings. The van der Waals surface area contributed by atoms with Crippen LogP contribution in [0.25, 0.3) is 21.9 Å². The molecule has 0 spiro atoms. The first-order chi connectivity index (χ1) is 14.1. The van der Waals surface area contributed by atoms with Crippen LogP contribution >= 0.6 is 38.9 Å². The summed E-state index contributed by atoms with van der Waals surface area (Å²) in [7, 11) is 0. The summed E-state index contributed by atoms with van der Waals surface area (Å²) in [6.07, 6.45) is 3.46. The third-order valence-corrected chi connectivity index (χ3v) is 5.95. The van der Waals surface area contributed by atoms with Crippen LogP contribution in [0.5, 0.6) is 0 Å². The lowest BCUT2D eigenvalue weighted by atomic mass is 10.1. The maximum Gasteiger partial charge on any atom is 0.233 e. The fraction of sp³-hybridized carbons (Fsp3) is 0. The standard InChI is InChI=1S/C20H11BrClN5OS/c21-13-3-7-15(8-4-13)27-11-16(24-25-27)19(28)18-17(12-1-5-14(22)6-2-12)23-20-26(18)9-10-29-20/h1-11H. The summed E-state index contributed by atoms with van der Waals surface area (Å²) in [6, 6.07) is 14.9. The SMILES string of the molecule is O=C(c1cn(-c2ccc(Br)cc2)nn1)c1c(-c2ccc(Cl)cc2)nc2sccn12. The van der Waals surface area contributed by atoms with Gasteiger partial charge in [-0.05, 0) is 36.4 Å². The lowest BCUT2D eigenvalue weighted by Gasteiger charge is -2.02. The van der Waals surface area contributed by atoms with Gasteiger partial charge in [0.1, 0.15) is 11.4 Å². The Morgan fingerprint density at radius 2 is 1.83 bits per heavy atom. The summed E-state index contributed by atoms with van der Waals surface area (Å²) in [5, 5.41) is 10.7. The highest BCUT2D eigenvalue weighted by Gasteiger charge is 2.24. The Morgan fingerprint density at radius 1 is 1.07 bits per heavy atom. The molecular weight excluding hydrogens is 474 g/mol. The molecular formula is C20H11BrClN5OS. The molecule has 0 N–H and O–H groups in total. The second kappa shape index (κ2) is 7.22. The van der Waals surface area contributed by atoms with Gasteiger partial charge in [-0.3, -0.25) is 9.20 Å². The minimum Gasteiger partial charge on any atom is -0.287 e. The molecule has 0 fully saturated rings. The molecule has 6 nitrogen and oxygen atoms in total. The lowest BCUT2D eigenvalue weighted by Crippen LogP contribution is -2.07. The van der Waals surface area contributed by atoms with Crippen molar-refractivity contribution < 1.29 is 4.79 Å². The van der Waals surface area contributed by atoms with Gasteiger partial charge in [0.15, 0.2) is 10.7 Å². The number of rotatable bonds is 4. The molecule has 0 aliphatic carbocycles. The maximum absolute atomic E-state index is 13.4. The smallest absolute Gasteiger partial charge is 0.233 e. The Labute approximate surface area is 182 Å². The van der Waals surface area contributed by atoms with Crippen LogP contribution in [-0.2, 0) is 0 Å². The third-order valence-electron chi connectivity index (χ3n) is 4.41. The Bertz CT molecular complexity index is 1340. The molecule has 0 bridgehead atoms. The summed E-state index contributed by atoms with van der Waals surface area (Å²) < 4.78 is 4.33. The molecule has 2 aromatic carbocycles. The summed E-state index contributed by atoms with van der Waals surface area (Å²) in [5.41, 5.74) is 2.92. The van der Waals surface area contributed by atoms with E-state index in [4.69, 9.17) is 11.6 Å². The van der Waals surface area contributed by atoms with Gasteiger partial charge in [0.05, 0.1) is 11.9 Å². The number of aromatic nitrogens is 5. The van der Waals surface area contributed by atoms with E-state index in [0.717, 1.165) is 20.7 Å². The van der Waals surface area contributed by atoms with Crippen molar-refractivity contribution in [2.45, 2.75) is 0 Å². The zero-order valence-electron chi connectivity index (χ0n) is 14.7. The van der Waals surface area contributed by atoms with Crippen LogP contribution in [0, 0.1) is 0 Å². The van der Waals surface area contributed by atoms with Crippen LogP contribution in [-0.4, -0.2) is 30.2 Å². The molecule has 3 aromatic heterocycles. The van der Waals surface area contributed by atoms with Gasteiger partial charge in [-0.2, -0.15) is 0 Å². The highest BCUT2D eigenvalue weighted by molar-refractivity contribution is 9.10. The minimum absolute atomic E-state index is 0.246. The molecule has 29 heavy (non-hydrogen) atoms. The van der Waals surface area contributed by atoms with E-state index in [1.807, 2.05) is 48.0 Å². The van der Waals surface area contributed by atoms with Crippen molar-refractivity contribution in [3.8, 4) is 16.9 Å². The highest BCUT2D eigenvalue weighted by Crippen LogP contribution is 2.29. The van der Waals surface area contributed by atoms with E-state index in [1.165, 1.54) is 11.3 Å². The Kier molecular flexibility index (Phi) is 4.54. The Morgan fingerprint density at radius 3 is 2.59 bits per heavy atom. The molecule has 142 valence electrons. The molecule has 0 unspecified atom stereocenters. The molecule has 5 rings (SSSR count). The second-order valence-electron chi connectivity index (χ2n) is 6.23. The van der Waals surface area contributed by atoms with Crippen LogP contribution in [0.2, 0.25) is 5.02 Å². The van der Waals surface area contributed by atoms with Crippen molar-refractivity contribution in [3.05, 3.63) is 87.2 Å². The lowest BCUT2D eigenvalue weighted by molar-refractivity contribution is 0.102. The van der Waals surface area contributed by atoms with Crippen molar-refractivity contribution in [3.63, 3.8) is 0 Å². The molecule has 0 amide bonds. The quantitative estimate of drug-likeness (QED) is 0.325. The van der Waals surface area contributed by atoms with Crippen molar-refractivity contribution in [1.29, 1.82) is 0 Å². The fourth-order valence-corrected chi connectivity index (χ4v) is 4.13. The van der Waals surface area contributed by atoms with Crippen LogP contribution < -0.4 is 0 Å². The summed E-state index contributed by atoms with van der Waals surface area (Å²) >= 11 is 10.9. The number of thiazole rings is 1. The molecule has 9 heteroatoms. The number of hydrogen-bond donors (Lipinski definition) is 0. The molecule has 0 aliphatic rings. The van der Waals surface area contributed by atoms with Gasteiger partial charge in [0.25, 0.3) is 0 Å². The van der Waals surface area contributed by atoms with Crippen LogP contribution in [0.15, 0.2) is 70.8 Å². The average Bonchev–Trinajstić information content (AvgIpc) is 3.44. The number of halogens is 2. The number of nitrogens with zero attached hydrogens (tertiary/aromatic N) is 5. The van der Waals surface area contributed by atoms with E-state index in [1.54, 1.807) is 27.4 Å². The van der Waals surface area contributed by atoms with Gasteiger partial charge in [-0.25, -0.2) is 9.67 Å². The predicted molar refractivity (Wildman–Crippen MR) is 116 cm³/mol. The van der Waals surface area contributed by atoms with E-state index in [2.05, 4.69) is 31.2 Å². The fourth-order valence-electron chi connectivity index (χ4n) is 3.02. The average molecular weight is 485 g/mol. The van der Waals surface area contributed by atoms with Crippen LogP contribution in [0.3, 0.4) is 0 Å². The second-order valence-corrected chi connectivity index (χ2v) is 8.45. The van der Waals surface area contributed by atoms with Gasteiger partial charge in [0.2, 0.25) is 5.78 Å². The largest absolute Gasteiger partial charge is 0.287 e. The number of ketones is 1. The number of benzene rings is 2. The number of hydrogen-bond acceptors (Lipinski definition) is 5. The number of carbonyl (C=O) groups is 1. The summed E-state index contributed by atoms with van der Waals surface area (Å²) in [5.74, 6) is -0.246. The van der Waals surface area contributed by atoms with Gasteiger partial charge in [-0.15, -0.1) is 16.4 Å². The van der Waals surface area contributed by atoms with Crippen LogP contribution in [0.4, 0.5) is 0 Å². The Hall–Kier alpha value is -2.81. The van der Waals surface area contributed by atoms with E-state index in [9.17, 15) is 4.79 Å². The first-order valence-electron chi connectivity index (χ1n) is 8.54. The summed E-state index contributed by atoms with van der Waals surface area (Å²) in [4.78, 5) is 18.8. The third kappa shape index (κ3) is 3.29. The topological polar surface area (TPSA) is 65.1 Å². The van der Waals surface area contributed by atoms with E-state index in [0.29, 0.717) is 16.4 Å². The minimum atomic E-state index is -0.246. The van der Waals surface area contributed by atoms with Gasteiger partial charge < -0.3 is 0 Å². The van der Waals surface area contributed by atoms with Crippen LogP contribution in [0.1, 0.15) is 16.2 Å². The van der Waals surface area contributed by atoms with E-state index < -0.39 is 0 Å². The zero-order valence-corrected chi connectivity index (χ0v) is 17.8. The molecule has 0 saturated carbocycles. The number of imidazole rings is 1. The first-order valence-corrected chi connectivity index (χ1v) is 10.6. The van der Waals surface area contributed by atoms with Crippen molar-refractivity contribution in [2.24, 2.45) is 0 Å². The number of carbonyl (C=O) groups excluding carboxylic acids is 1. The van der Waals surface area contributed by atoms with E-state index >= 15 is 0 Å².